The van der Waals surface area contributed by atoms with Gasteiger partial charge in [-0.3, -0.25) is 0 Å². The van der Waals surface area contributed by atoms with Crippen LogP contribution in [-0.2, 0) is 5.41 Å². The smallest absolute Gasteiger partial charge is 0.0561 e. The highest BCUT2D eigenvalue weighted by Crippen LogP contribution is 2.55. The second-order valence-electron chi connectivity index (χ2n) is 24.3. The van der Waals surface area contributed by atoms with Crippen molar-refractivity contribution >= 4 is 66.4 Å². The molecule has 2 nitrogen and oxygen atoms in total. The van der Waals surface area contributed by atoms with Crippen molar-refractivity contribution in [2.24, 2.45) is 0 Å². The monoisotopic (exact) mass is 1100 g/mol. The molecule has 14 aromatic rings. The van der Waals surface area contributed by atoms with Crippen molar-refractivity contribution in [3.05, 3.63) is 313 Å². The SMILES string of the molecule is Cc1ccccc1-c1ccc(C)c(N(c2cc(-c3ccccc3)ccc2-c2ccccc2)c2cc(N(c3cc(-c4ccccc4C)ccc3C)c3cc(-c4ccccc4)ccc3-c3ccccc3)c3ccc4cc(C(C)(C)C)cc5ccc2c3c54)c1. The van der Waals surface area contributed by atoms with E-state index >= 15 is 0 Å². The van der Waals surface area contributed by atoms with Crippen LogP contribution in [0, 0.1) is 27.7 Å². The van der Waals surface area contributed by atoms with E-state index in [4.69, 9.17) is 0 Å². The van der Waals surface area contributed by atoms with Gasteiger partial charge in [0.05, 0.1) is 22.7 Å². The number of benzene rings is 14. The summed E-state index contributed by atoms with van der Waals surface area (Å²) in [6.07, 6.45) is 0. The maximum atomic E-state index is 2.62. The number of rotatable bonds is 12. The van der Waals surface area contributed by atoms with Crippen LogP contribution in [0.15, 0.2) is 285 Å². The van der Waals surface area contributed by atoms with Crippen molar-refractivity contribution in [2.75, 3.05) is 9.80 Å². The average Bonchev–Trinajstić information content (AvgIpc) is 0.741. The molecule has 0 saturated carbocycles. The van der Waals surface area contributed by atoms with Crippen LogP contribution in [0.3, 0.4) is 0 Å². The van der Waals surface area contributed by atoms with Gasteiger partial charge in [-0.05, 0) is 163 Å². The molecule has 0 N–H and O–H groups in total. The van der Waals surface area contributed by atoms with E-state index < -0.39 is 0 Å². The second-order valence-corrected chi connectivity index (χ2v) is 24.3. The standard InChI is InChI=1S/C84H68N2/c1-55-24-20-22-34-70(55)65-38-36-57(3)76(52-65)85(78-50-63(59-26-12-8-13-27-59)40-44-72(78)61-30-16-10-17-31-61)80-54-81(75-47-43-68-49-69(84(5,6)7)48-67-42-46-74(80)83(75)82(67)68)86(77-53-66(39-37-58(77)4)71-35-23-21-25-56(71)2)79-51-64(60-28-14-9-15-29-60)41-45-73(79)62-32-18-11-19-33-62/h8-54H,1-7H3. The first-order chi connectivity index (χ1) is 41.9. The zero-order chi connectivity index (χ0) is 58.6. The van der Waals surface area contributed by atoms with Gasteiger partial charge in [-0.15, -0.1) is 0 Å². The van der Waals surface area contributed by atoms with Gasteiger partial charge >= 0.3 is 0 Å². The predicted octanol–water partition coefficient (Wildman–Crippen LogP) is 24.1. The fourth-order valence-corrected chi connectivity index (χ4v) is 13.1. The minimum absolute atomic E-state index is 0.0666. The Morgan fingerprint density at radius 3 is 0.988 bits per heavy atom. The number of anilines is 6. The summed E-state index contributed by atoms with van der Waals surface area (Å²) in [5, 5.41) is 7.28. The third-order valence-corrected chi connectivity index (χ3v) is 17.7. The average molecular weight is 1110 g/mol. The first-order valence-corrected chi connectivity index (χ1v) is 30.1. The Balaban J connectivity index is 1.18. The highest BCUT2D eigenvalue weighted by atomic mass is 15.2. The zero-order valence-electron chi connectivity index (χ0n) is 50.0. The van der Waals surface area contributed by atoms with Crippen LogP contribution in [0.2, 0.25) is 0 Å². The summed E-state index contributed by atoms with van der Waals surface area (Å²) < 4.78 is 0. The highest BCUT2D eigenvalue weighted by molar-refractivity contribution is 6.29. The molecule has 0 aliphatic heterocycles. The fourth-order valence-electron chi connectivity index (χ4n) is 13.1. The summed E-state index contributed by atoms with van der Waals surface area (Å²) in [6, 6.07) is 107. The molecule has 0 atom stereocenters. The molecule has 0 aliphatic rings. The molecule has 0 saturated heterocycles. The van der Waals surface area contributed by atoms with Crippen LogP contribution in [0.4, 0.5) is 34.1 Å². The first-order valence-electron chi connectivity index (χ1n) is 30.1. The van der Waals surface area contributed by atoms with Gasteiger partial charge in [-0.1, -0.05) is 276 Å². The van der Waals surface area contributed by atoms with Gasteiger partial charge in [0.25, 0.3) is 0 Å². The Labute approximate surface area is 506 Å². The number of hydrogen-bond acceptors (Lipinski definition) is 2. The molecule has 0 spiro atoms. The lowest BCUT2D eigenvalue weighted by molar-refractivity contribution is 0.591. The highest BCUT2D eigenvalue weighted by Gasteiger charge is 2.30. The maximum absolute atomic E-state index is 2.62. The normalized spacial score (nSPS) is 11.7. The molecule has 0 heterocycles. The molecule has 0 aliphatic carbocycles. The molecule has 0 fully saturated rings. The van der Waals surface area contributed by atoms with Gasteiger partial charge in [0.15, 0.2) is 0 Å². The molecule has 2 heteroatoms. The maximum Gasteiger partial charge on any atom is 0.0561 e. The summed E-state index contributed by atoms with van der Waals surface area (Å²) in [5.41, 5.74) is 26.5. The lowest BCUT2D eigenvalue weighted by atomic mass is 9.83. The fraction of sp³-hybridized carbons (Fsp3) is 0.0952. The minimum Gasteiger partial charge on any atom is -0.309 e. The first kappa shape index (κ1) is 53.7. The number of hydrogen-bond donors (Lipinski definition) is 0. The summed E-state index contributed by atoms with van der Waals surface area (Å²) in [5.74, 6) is 0. The Kier molecular flexibility index (Phi) is 13.8. The zero-order valence-corrected chi connectivity index (χ0v) is 50.0. The molecule has 0 amide bonds. The molecule has 86 heavy (non-hydrogen) atoms. The van der Waals surface area contributed by atoms with Crippen LogP contribution in [0.5, 0.6) is 0 Å². The number of nitrogens with zero attached hydrogens (tertiary/aromatic N) is 2. The van der Waals surface area contributed by atoms with Crippen molar-refractivity contribution in [3.8, 4) is 66.8 Å². The third kappa shape index (κ3) is 9.77. The van der Waals surface area contributed by atoms with E-state index in [1.54, 1.807) is 0 Å². The van der Waals surface area contributed by atoms with Crippen LogP contribution >= 0.6 is 0 Å². The summed E-state index contributed by atoms with van der Waals surface area (Å²) in [6.45, 7) is 16.0. The van der Waals surface area contributed by atoms with E-state index in [1.165, 1.54) is 60.1 Å². The third-order valence-electron chi connectivity index (χ3n) is 17.7. The largest absolute Gasteiger partial charge is 0.309 e. The van der Waals surface area contributed by atoms with Gasteiger partial charge < -0.3 is 9.80 Å². The van der Waals surface area contributed by atoms with Gasteiger partial charge in [0, 0.05) is 38.7 Å². The molecular weight excluding hydrogens is 1040 g/mol. The predicted molar refractivity (Wildman–Crippen MR) is 370 cm³/mol. The van der Waals surface area contributed by atoms with E-state index in [2.05, 4.69) is 343 Å². The Morgan fingerprint density at radius 2 is 0.593 bits per heavy atom. The summed E-state index contributed by atoms with van der Waals surface area (Å²) in [4.78, 5) is 5.24. The molecule has 14 aromatic carbocycles. The topological polar surface area (TPSA) is 6.48 Å². The minimum atomic E-state index is -0.0666. The van der Waals surface area contributed by atoms with E-state index in [9.17, 15) is 0 Å². The quantitative estimate of drug-likeness (QED) is 0.113. The molecule has 14 rings (SSSR count). The summed E-state index contributed by atoms with van der Waals surface area (Å²) >= 11 is 0. The van der Waals surface area contributed by atoms with Crippen LogP contribution in [-0.4, -0.2) is 0 Å². The molecule has 414 valence electrons. The van der Waals surface area contributed by atoms with E-state index in [0.717, 1.165) is 101 Å². The van der Waals surface area contributed by atoms with Crippen molar-refractivity contribution in [1.82, 2.24) is 0 Å². The Morgan fingerprint density at radius 1 is 0.233 bits per heavy atom. The van der Waals surface area contributed by atoms with Crippen molar-refractivity contribution in [2.45, 2.75) is 53.9 Å². The molecular formula is C84H68N2. The van der Waals surface area contributed by atoms with Gasteiger partial charge in [-0.25, -0.2) is 0 Å². The number of aryl methyl sites for hydroxylation is 4. The van der Waals surface area contributed by atoms with Crippen molar-refractivity contribution in [1.29, 1.82) is 0 Å². The van der Waals surface area contributed by atoms with Gasteiger partial charge in [0.2, 0.25) is 0 Å². The molecule has 0 bridgehead atoms. The lowest BCUT2D eigenvalue weighted by Crippen LogP contribution is -2.17. The van der Waals surface area contributed by atoms with Gasteiger partial charge in [0.1, 0.15) is 0 Å². The second kappa shape index (κ2) is 22.0. The van der Waals surface area contributed by atoms with Crippen LogP contribution < -0.4 is 9.80 Å². The van der Waals surface area contributed by atoms with Crippen LogP contribution in [0.25, 0.3) is 99.1 Å². The lowest BCUT2D eigenvalue weighted by Gasteiger charge is -2.35. The van der Waals surface area contributed by atoms with Crippen molar-refractivity contribution < 1.29 is 0 Å². The van der Waals surface area contributed by atoms with Crippen LogP contribution in [0.1, 0.15) is 48.6 Å². The molecule has 0 aromatic heterocycles. The Hall–Kier alpha value is -10.3. The molecule has 0 radical (unpaired) electrons. The van der Waals surface area contributed by atoms with E-state index in [1.807, 2.05) is 0 Å². The molecule has 0 unspecified atom stereocenters. The summed E-state index contributed by atoms with van der Waals surface area (Å²) in [7, 11) is 0. The van der Waals surface area contributed by atoms with E-state index in [0.29, 0.717) is 0 Å². The van der Waals surface area contributed by atoms with E-state index in [-0.39, 0.29) is 5.41 Å². The van der Waals surface area contributed by atoms with Gasteiger partial charge in [-0.2, -0.15) is 0 Å². The Bertz CT molecular complexity index is 4530. The van der Waals surface area contributed by atoms with Crippen molar-refractivity contribution in [3.63, 3.8) is 0 Å².